The average Bonchev–Trinajstić information content (AvgIpc) is 2.25. The van der Waals surface area contributed by atoms with Crippen molar-refractivity contribution in [3.8, 4) is 0 Å². The van der Waals surface area contributed by atoms with E-state index in [1.165, 1.54) is 11.8 Å². The van der Waals surface area contributed by atoms with Gasteiger partial charge in [0, 0.05) is 12.2 Å². The van der Waals surface area contributed by atoms with Gasteiger partial charge in [-0.15, -0.1) is 0 Å². The second kappa shape index (κ2) is 6.74. The second-order valence-electron chi connectivity index (χ2n) is 5.60. The quantitative estimate of drug-likeness (QED) is 0.758. The molecule has 18 heavy (non-hydrogen) atoms. The number of rotatable bonds is 5. The minimum absolute atomic E-state index is 0.0342. The third-order valence-corrected chi connectivity index (χ3v) is 3.26. The fourth-order valence-electron chi connectivity index (χ4n) is 1.60. The third kappa shape index (κ3) is 6.60. The Labute approximate surface area is 113 Å². The Hall–Kier alpha value is -1.09. The normalized spacial score (nSPS) is 11.3. The maximum Gasteiger partial charge on any atom is 0.196 e. The molecular formula is C15H20O2S. The van der Waals surface area contributed by atoms with E-state index in [1.807, 2.05) is 51.1 Å². The van der Waals surface area contributed by atoms with E-state index in [1.54, 1.807) is 0 Å². The van der Waals surface area contributed by atoms with Gasteiger partial charge in [-0.05, 0) is 11.0 Å². The summed E-state index contributed by atoms with van der Waals surface area (Å²) in [6, 6.07) is 9.81. The van der Waals surface area contributed by atoms with Crippen LogP contribution in [0, 0.1) is 5.41 Å². The van der Waals surface area contributed by atoms with Gasteiger partial charge in [-0.25, -0.2) is 0 Å². The number of benzene rings is 1. The van der Waals surface area contributed by atoms with Crippen molar-refractivity contribution in [1.82, 2.24) is 0 Å². The lowest BCUT2D eigenvalue weighted by Crippen LogP contribution is -2.15. The van der Waals surface area contributed by atoms with Crippen LogP contribution in [0.4, 0.5) is 0 Å². The lowest BCUT2D eigenvalue weighted by Gasteiger charge is -2.16. The molecule has 0 radical (unpaired) electrons. The van der Waals surface area contributed by atoms with Gasteiger partial charge in [-0.1, -0.05) is 62.9 Å². The predicted octanol–water partition coefficient (Wildman–Crippen LogP) is 3.84. The van der Waals surface area contributed by atoms with E-state index in [0.29, 0.717) is 12.2 Å². The Kier molecular flexibility index (Phi) is 5.60. The topological polar surface area (TPSA) is 34.1 Å². The summed E-state index contributed by atoms with van der Waals surface area (Å²) in [5, 5.41) is -0.0342. The van der Waals surface area contributed by atoms with Crippen LogP contribution in [0.15, 0.2) is 30.3 Å². The van der Waals surface area contributed by atoms with Crippen LogP contribution in [0.5, 0.6) is 0 Å². The lowest BCUT2D eigenvalue weighted by atomic mass is 9.89. The highest BCUT2D eigenvalue weighted by Crippen LogP contribution is 2.21. The molecule has 0 unspecified atom stereocenters. The molecule has 3 heteroatoms. The molecule has 1 aromatic carbocycles. The first-order valence-corrected chi connectivity index (χ1v) is 7.07. The smallest absolute Gasteiger partial charge is 0.196 e. The van der Waals surface area contributed by atoms with Crippen molar-refractivity contribution >= 4 is 22.7 Å². The van der Waals surface area contributed by atoms with Crippen LogP contribution in [0.3, 0.4) is 0 Å². The fraction of sp³-hybridized carbons (Fsp3) is 0.467. The summed E-state index contributed by atoms with van der Waals surface area (Å²) in [5.41, 5.74) is 1.07. The molecule has 0 saturated carbocycles. The highest BCUT2D eigenvalue weighted by atomic mass is 32.2. The van der Waals surface area contributed by atoms with Gasteiger partial charge in [-0.2, -0.15) is 0 Å². The first-order chi connectivity index (χ1) is 8.37. The van der Waals surface area contributed by atoms with Crippen LogP contribution in [-0.4, -0.2) is 10.9 Å². The van der Waals surface area contributed by atoms with Gasteiger partial charge in [0.2, 0.25) is 0 Å². The molecular weight excluding hydrogens is 244 g/mol. The van der Waals surface area contributed by atoms with E-state index in [0.717, 1.165) is 5.56 Å². The zero-order valence-electron chi connectivity index (χ0n) is 11.2. The first kappa shape index (κ1) is 15.0. The van der Waals surface area contributed by atoms with Gasteiger partial charge in [0.15, 0.2) is 5.12 Å². The van der Waals surface area contributed by atoms with Crippen LogP contribution in [0.1, 0.15) is 39.2 Å². The lowest BCUT2D eigenvalue weighted by molar-refractivity contribution is -0.124. The Morgan fingerprint density at radius 1 is 1.11 bits per heavy atom. The van der Waals surface area contributed by atoms with Crippen LogP contribution < -0.4 is 0 Å². The molecule has 2 nitrogen and oxygen atoms in total. The average molecular weight is 264 g/mol. The Morgan fingerprint density at radius 3 is 2.28 bits per heavy atom. The van der Waals surface area contributed by atoms with E-state index in [-0.39, 0.29) is 22.7 Å². The number of hydrogen-bond donors (Lipinski definition) is 0. The number of ketones is 1. The molecule has 0 bridgehead atoms. The van der Waals surface area contributed by atoms with E-state index in [2.05, 4.69) is 0 Å². The number of hydrogen-bond acceptors (Lipinski definition) is 3. The summed E-state index contributed by atoms with van der Waals surface area (Å²) in [6.07, 6.45) is 0.513. The van der Waals surface area contributed by atoms with Gasteiger partial charge >= 0.3 is 0 Å². The minimum Gasteiger partial charge on any atom is -0.299 e. The highest BCUT2D eigenvalue weighted by Gasteiger charge is 2.18. The summed E-state index contributed by atoms with van der Waals surface area (Å²) < 4.78 is 0. The molecule has 1 aromatic rings. The highest BCUT2D eigenvalue weighted by molar-refractivity contribution is 8.13. The molecule has 0 fully saturated rings. The summed E-state index contributed by atoms with van der Waals surface area (Å²) in [7, 11) is 0. The van der Waals surface area contributed by atoms with Crippen molar-refractivity contribution in [2.45, 2.75) is 39.4 Å². The maximum atomic E-state index is 11.7. The Balaban J connectivity index is 2.32. The Bertz CT molecular complexity index is 404. The molecule has 0 heterocycles. The van der Waals surface area contributed by atoms with Crippen molar-refractivity contribution in [3.63, 3.8) is 0 Å². The predicted molar refractivity (Wildman–Crippen MR) is 76.4 cm³/mol. The standard InChI is InChI=1S/C15H20O2S/c1-15(2,3)10-13(16)9-14(17)18-11-12-7-5-4-6-8-12/h4-8H,9-11H2,1-3H3. The molecule has 1 rings (SSSR count). The number of carbonyl (C=O) groups is 2. The van der Waals surface area contributed by atoms with Crippen LogP contribution in [0.2, 0.25) is 0 Å². The van der Waals surface area contributed by atoms with E-state index in [9.17, 15) is 9.59 Å². The second-order valence-corrected chi connectivity index (χ2v) is 6.63. The van der Waals surface area contributed by atoms with Crippen molar-refractivity contribution in [2.75, 3.05) is 0 Å². The van der Waals surface area contributed by atoms with Crippen LogP contribution >= 0.6 is 11.8 Å². The summed E-state index contributed by atoms with van der Waals surface area (Å²) in [5.74, 6) is 0.677. The molecule has 0 aliphatic carbocycles. The van der Waals surface area contributed by atoms with E-state index in [4.69, 9.17) is 0 Å². The summed E-state index contributed by atoms with van der Waals surface area (Å²) in [6.45, 7) is 6.02. The van der Waals surface area contributed by atoms with Crippen molar-refractivity contribution in [3.05, 3.63) is 35.9 Å². The molecule has 0 aromatic heterocycles. The van der Waals surface area contributed by atoms with Gasteiger partial charge in [-0.3, -0.25) is 9.59 Å². The SMILES string of the molecule is CC(C)(C)CC(=O)CC(=O)SCc1ccccc1. The summed E-state index contributed by atoms with van der Waals surface area (Å²) in [4.78, 5) is 23.3. The van der Waals surface area contributed by atoms with E-state index < -0.39 is 0 Å². The van der Waals surface area contributed by atoms with Crippen LogP contribution in [-0.2, 0) is 15.3 Å². The van der Waals surface area contributed by atoms with Gasteiger partial charge < -0.3 is 0 Å². The van der Waals surface area contributed by atoms with E-state index >= 15 is 0 Å². The largest absolute Gasteiger partial charge is 0.299 e. The molecule has 0 saturated heterocycles. The molecule has 0 atom stereocenters. The first-order valence-electron chi connectivity index (χ1n) is 6.08. The summed E-state index contributed by atoms with van der Waals surface area (Å²) >= 11 is 1.22. The van der Waals surface area contributed by atoms with Crippen molar-refractivity contribution in [1.29, 1.82) is 0 Å². The molecule has 0 aliphatic rings. The number of thioether (sulfide) groups is 1. The van der Waals surface area contributed by atoms with Crippen molar-refractivity contribution in [2.24, 2.45) is 5.41 Å². The van der Waals surface area contributed by atoms with Gasteiger partial charge in [0.1, 0.15) is 5.78 Å². The number of carbonyl (C=O) groups excluding carboxylic acids is 2. The minimum atomic E-state index is -0.0402. The maximum absolute atomic E-state index is 11.7. The Morgan fingerprint density at radius 2 is 1.72 bits per heavy atom. The number of Topliss-reactive ketones (excluding diaryl/α,β-unsaturated/α-hetero) is 1. The van der Waals surface area contributed by atoms with Crippen LogP contribution in [0.25, 0.3) is 0 Å². The zero-order chi connectivity index (χ0) is 13.6. The molecule has 0 aliphatic heterocycles. The third-order valence-electron chi connectivity index (χ3n) is 2.31. The van der Waals surface area contributed by atoms with Gasteiger partial charge in [0.25, 0.3) is 0 Å². The zero-order valence-corrected chi connectivity index (χ0v) is 12.0. The fourth-order valence-corrected chi connectivity index (χ4v) is 2.39. The molecule has 0 amide bonds. The van der Waals surface area contributed by atoms with Gasteiger partial charge in [0.05, 0.1) is 6.42 Å². The monoisotopic (exact) mass is 264 g/mol. The van der Waals surface area contributed by atoms with Crippen molar-refractivity contribution < 1.29 is 9.59 Å². The molecule has 0 spiro atoms. The molecule has 98 valence electrons. The molecule has 0 N–H and O–H groups in total.